The maximum atomic E-state index is 12.1. The zero-order valence-corrected chi connectivity index (χ0v) is 17.3. The molecule has 0 fully saturated rings. The molecular weight excluding hydrogens is 340 g/mol. The van der Waals surface area contributed by atoms with Gasteiger partial charge in [0.1, 0.15) is 0 Å². The molecule has 4 heteroatoms. The second-order valence-electron chi connectivity index (χ2n) is 7.55. The maximum absolute atomic E-state index is 12.1. The number of carbonyl (C=O) groups is 2. The number of benzene rings is 1. The van der Waals surface area contributed by atoms with Crippen molar-refractivity contribution >= 4 is 11.9 Å². The number of carbonyl (C=O) groups excluding carboxylic acids is 2. The first-order valence-electron chi connectivity index (χ1n) is 10.5. The molecule has 27 heavy (non-hydrogen) atoms. The smallest absolute Gasteiger partial charge is 0.311 e. The monoisotopic (exact) mass is 376 g/mol. The predicted octanol–water partition coefficient (Wildman–Crippen LogP) is 6.46. The average Bonchev–Trinajstić information content (AvgIpc) is 2.62. The Balaban J connectivity index is 2.32. The highest BCUT2D eigenvalue weighted by atomic mass is 16.6. The topological polar surface area (TPSA) is 52.6 Å². The van der Waals surface area contributed by atoms with Gasteiger partial charge >= 0.3 is 11.9 Å². The Morgan fingerprint density at radius 3 is 1.78 bits per heavy atom. The van der Waals surface area contributed by atoms with Crippen molar-refractivity contribution in [3.8, 4) is 11.5 Å². The Morgan fingerprint density at radius 1 is 0.778 bits per heavy atom. The molecule has 0 radical (unpaired) electrons. The summed E-state index contributed by atoms with van der Waals surface area (Å²) in [7, 11) is 0. The molecule has 0 atom stereocenters. The summed E-state index contributed by atoms with van der Waals surface area (Å²) >= 11 is 0. The van der Waals surface area contributed by atoms with Gasteiger partial charge < -0.3 is 9.47 Å². The molecule has 0 spiro atoms. The highest BCUT2D eigenvalue weighted by molar-refractivity contribution is 5.76. The normalized spacial score (nSPS) is 10.8. The molecule has 0 unspecified atom stereocenters. The summed E-state index contributed by atoms with van der Waals surface area (Å²) in [5.74, 6) is 0.852. The van der Waals surface area contributed by atoms with Gasteiger partial charge in [-0.05, 0) is 30.9 Å². The zero-order valence-electron chi connectivity index (χ0n) is 17.3. The Labute approximate surface area is 164 Å². The van der Waals surface area contributed by atoms with Crippen LogP contribution in [0, 0.1) is 5.92 Å². The van der Waals surface area contributed by atoms with Gasteiger partial charge in [0, 0.05) is 12.8 Å². The number of para-hydroxylation sites is 2. The summed E-state index contributed by atoms with van der Waals surface area (Å²) in [5, 5.41) is 0. The van der Waals surface area contributed by atoms with E-state index in [-0.39, 0.29) is 11.9 Å². The Bertz CT molecular complexity index is 551. The van der Waals surface area contributed by atoms with Gasteiger partial charge in [-0.3, -0.25) is 9.59 Å². The minimum atomic E-state index is -0.284. The lowest BCUT2D eigenvalue weighted by Crippen LogP contribution is -2.12. The molecule has 1 aromatic rings. The van der Waals surface area contributed by atoms with Gasteiger partial charge in [0.15, 0.2) is 11.5 Å². The molecule has 0 saturated carbocycles. The molecule has 0 saturated heterocycles. The number of ether oxygens (including phenoxy) is 2. The van der Waals surface area contributed by atoms with Crippen LogP contribution in [0.3, 0.4) is 0 Å². The molecular formula is C23H36O4. The number of hydrogen-bond donors (Lipinski definition) is 0. The quantitative estimate of drug-likeness (QED) is 0.212. The Morgan fingerprint density at radius 2 is 1.26 bits per heavy atom. The number of unbranched alkanes of at least 4 members (excludes halogenated alkanes) is 6. The van der Waals surface area contributed by atoms with Gasteiger partial charge in [-0.1, -0.05) is 77.8 Å². The largest absolute Gasteiger partial charge is 0.423 e. The van der Waals surface area contributed by atoms with E-state index in [1.807, 2.05) is 0 Å². The van der Waals surface area contributed by atoms with Crippen molar-refractivity contribution in [1.29, 1.82) is 0 Å². The fourth-order valence-electron chi connectivity index (χ4n) is 2.84. The lowest BCUT2D eigenvalue weighted by Gasteiger charge is -2.10. The van der Waals surface area contributed by atoms with Crippen LogP contribution in [0.15, 0.2) is 24.3 Å². The van der Waals surface area contributed by atoms with Crippen molar-refractivity contribution in [2.75, 3.05) is 0 Å². The highest BCUT2D eigenvalue weighted by Gasteiger charge is 2.13. The minimum absolute atomic E-state index is 0.272. The van der Waals surface area contributed by atoms with Gasteiger partial charge in [-0.15, -0.1) is 0 Å². The highest BCUT2D eigenvalue weighted by Crippen LogP contribution is 2.27. The number of rotatable bonds is 14. The van der Waals surface area contributed by atoms with Crippen molar-refractivity contribution in [3.63, 3.8) is 0 Å². The van der Waals surface area contributed by atoms with Gasteiger partial charge in [0.2, 0.25) is 0 Å². The molecule has 0 N–H and O–H groups in total. The first kappa shape index (κ1) is 23.2. The lowest BCUT2D eigenvalue weighted by molar-refractivity contribution is -0.137. The van der Waals surface area contributed by atoms with E-state index in [9.17, 15) is 9.59 Å². The summed E-state index contributed by atoms with van der Waals surface area (Å²) in [4.78, 5) is 24.0. The van der Waals surface area contributed by atoms with Crippen molar-refractivity contribution in [2.45, 2.75) is 91.4 Å². The zero-order chi connectivity index (χ0) is 19.9. The molecule has 0 bridgehead atoms. The second kappa shape index (κ2) is 14.2. The third-order valence-corrected chi connectivity index (χ3v) is 4.44. The van der Waals surface area contributed by atoms with E-state index in [0.29, 0.717) is 24.3 Å². The summed E-state index contributed by atoms with van der Waals surface area (Å²) < 4.78 is 10.8. The molecule has 0 amide bonds. The molecule has 1 rings (SSSR count). The van der Waals surface area contributed by atoms with Crippen LogP contribution in [0.5, 0.6) is 11.5 Å². The van der Waals surface area contributed by atoms with Gasteiger partial charge in [-0.25, -0.2) is 0 Å². The van der Waals surface area contributed by atoms with E-state index in [4.69, 9.17) is 9.47 Å². The third-order valence-electron chi connectivity index (χ3n) is 4.44. The fraction of sp³-hybridized carbons (Fsp3) is 0.652. The van der Waals surface area contributed by atoms with Gasteiger partial charge in [0.25, 0.3) is 0 Å². The SMILES string of the molecule is CCCCCC(=O)Oc1ccccc1OC(=O)CCCCCCCC(C)C. The van der Waals surface area contributed by atoms with E-state index in [1.165, 1.54) is 19.3 Å². The summed E-state index contributed by atoms with van der Waals surface area (Å²) in [6.45, 7) is 6.58. The first-order chi connectivity index (χ1) is 13.0. The lowest BCUT2D eigenvalue weighted by atomic mass is 10.0. The standard InChI is InChI=1S/C23H36O4/c1-4-5-9-17-22(24)26-20-15-12-13-16-21(20)27-23(25)18-11-8-6-7-10-14-19(2)3/h12-13,15-16,19H,4-11,14,17-18H2,1-3H3. The van der Waals surface area contributed by atoms with Crippen LogP contribution in [-0.4, -0.2) is 11.9 Å². The van der Waals surface area contributed by atoms with Gasteiger partial charge in [0.05, 0.1) is 0 Å². The Kier molecular flexibility index (Phi) is 12.2. The van der Waals surface area contributed by atoms with E-state index in [1.54, 1.807) is 24.3 Å². The van der Waals surface area contributed by atoms with Crippen LogP contribution in [-0.2, 0) is 9.59 Å². The maximum Gasteiger partial charge on any atom is 0.311 e. The second-order valence-corrected chi connectivity index (χ2v) is 7.55. The first-order valence-corrected chi connectivity index (χ1v) is 10.5. The summed E-state index contributed by atoms with van der Waals surface area (Å²) in [5.41, 5.74) is 0. The summed E-state index contributed by atoms with van der Waals surface area (Å²) in [6, 6.07) is 6.86. The average molecular weight is 377 g/mol. The fourth-order valence-corrected chi connectivity index (χ4v) is 2.84. The van der Waals surface area contributed by atoms with Crippen LogP contribution in [0.25, 0.3) is 0 Å². The summed E-state index contributed by atoms with van der Waals surface area (Å²) in [6.07, 6.45) is 10.4. The van der Waals surface area contributed by atoms with Crippen molar-refractivity contribution in [1.82, 2.24) is 0 Å². The van der Waals surface area contributed by atoms with Crippen LogP contribution >= 0.6 is 0 Å². The van der Waals surface area contributed by atoms with Crippen LogP contribution in [0.2, 0.25) is 0 Å². The molecule has 0 heterocycles. The Hall–Kier alpha value is -1.84. The third kappa shape index (κ3) is 11.5. The molecule has 0 aliphatic rings. The van der Waals surface area contributed by atoms with Crippen molar-refractivity contribution in [2.24, 2.45) is 5.92 Å². The molecule has 1 aromatic carbocycles. The molecule has 0 aliphatic heterocycles. The van der Waals surface area contributed by atoms with Gasteiger partial charge in [-0.2, -0.15) is 0 Å². The number of hydrogen-bond acceptors (Lipinski definition) is 4. The van der Waals surface area contributed by atoms with Crippen LogP contribution in [0.1, 0.15) is 91.4 Å². The molecule has 0 aromatic heterocycles. The molecule has 0 aliphatic carbocycles. The predicted molar refractivity (Wildman–Crippen MR) is 109 cm³/mol. The van der Waals surface area contributed by atoms with Crippen LogP contribution < -0.4 is 9.47 Å². The van der Waals surface area contributed by atoms with Crippen molar-refractivity contribution in [3.05, 3.63) is 24.3 Å². The van der Waals surface area contributed by atoms with Crippen molar-refractivity contribution < 1.29 is 19.1 Å². The van der Waals surface area contributed by atoms with E-state index < -0.39 is 0 Å². The number of esters is 2. The molecule has 152 valence electrons. The van der Waals surface area contributed by atoms with E-state index >= 15 is 0 Å². The van der Waals surface area contributed by atoms with E-state index in [2.05, 4.69) is 20.8 Å². The van der Waals surface area contributed by atoms with Crippen LogP contribution in [0.4, 0.5) is 0 Å². The van der Waals surface area contributed by atoms with E-state index in [0.717, 1.165) is 44.4 Å². The molecule has 4 nitrogen and oxygen atoms in total. The minimum Gasteiger partial charge on any atom is -0.423 e.